The Labute approximate surface area is 91.1 Å². The molecule has 0 aromatic carbocycles. The van der Waals surface area contributed by atoms with E-state index in [0.717, 1.165) is 18.5 Å². The van der Waals surface area contributed by atoms with Crippen molar-refractivity contribution < 1.29 is 4.74 Å². The first-order valence-corrected chi connectivity index (χ1v) is 5.37. The van der Waals surface area contributed by atoms with Crippen molar-refractivity contribution in [3.05, 3.63) is 11.8 Å². The average Bonchev–Trinajstić information content (AvgIpc) is 2.18. The topological polar surface area (TPSA) is 47.0 Å². The maximum absolute atomic E-state index is 5.57. The minimum absolute atomic E-state index is 0.137. The van der Waals surface area contributed by atoms with Crippen LogP contribution in [0.5, 0.6) is 5.88 Å². The van der Waals surface area contributed by atoms with E-state index >= 15 is 0 Å². The van der Waals surface area contributed by atoms with Crippen LogP contribution in [0.1, 0.15) is 32.8 Å². The lowest BCUT2D eigenvalue weighted by molar-refractivity contribution is 0.231. The standard InChI is InChI=1S/C11H19N3O/c1-5-6-12-11-13-7-9(4)10(14-11)15-8(2)3/h7-8H,5-6H2,1-4H3,(H,12,13,14). The van der Waals surface area contributed by atoms with E-state index in [0.29, 0.717) is 11.8 Å². The minimum atomic E-state index is 0.137. The number of hydrogen-bond acceptors (Lipinski definition) is 4. The molecular formula is C11H19N3O. The number of anilines is 1. The fourth-order valence-corrected chi connectivity index (χ4v) is 1.09. The number of aromatic nitrogens is 2. The number of nitrogens with zero attached hydrogens (tertiary/aromatic N) is 2. The van der Waals surface area contributed by atoms with Crippen LogP contribution < -0.4 is 10.1 Å². The molecule has 15 heavy (non-hydrogen) atoms. The van der Waals surface area contributed by atoms with E-state index in [2.05, 4.69) is 22.2 Å². The molecule has 84 valence electrons. The summed E-state index contributed by atoms with van der Waals surface area (Å²) < 4.78 is 5.57. The smallest absolute Gasteiger partial charge is 0.225 e. The molecule has 0 atom stereocenters. The van der Waals surface area contributed by atoms with Gasteiger partial charge in [0.15, 0.2) is 0 Å². The maximum Gasteiger partial charge on any atom is 0.225 e. The van der Waals surface area contributed by atoms with Gasteiger partial charge in [0.2, 0.25) is 11.8 Å². The van der Waals surface area contributed by atoms with E-state index in [1.807, 2.05) is 20.8 Å². The molecule has 1 aromatic heterocycles. The van der Waals surface area contributed by atoms with Gasteiger partial charge in [0.05, 0.1) is 6.10 Å². The molecule has 1 rings (SSSR count). The summed E-state index contributed by atoms with van der Waals surface area (Å²) in [4.78, 5) is 8.49. The van der Waals surface area contributed by atoms with Gasteiger partial charge in [-0.2, -0.15) is 4.98 Å². The summed E-state index contributed by atoms with van der Waals surface area (Å²) in [7, 11) is 0. The number of ether oxygens (including phenoxy) is 1. The summed E-state index contributed by atoms with van der Waals surface area (Å²) in [5.41, 5.74) is 0.964. The van der Waals surface area contributed by atoms with Gasteiger partial charge < -0.3 is 10.1 Å². The van der Waals surface area contributed by atoms with Gasteiger partial charge in [0.25, 0.3) is 0 Å². The second kappa shape index (κ2) is 5.53. The third-order valence-electron chi connectivity index (χ3n) is 1.81. The van der Waals surface area contributed by atoms with Crippen molar-refractivity contribution in [3.63, 3.8) is 0 Å². The second-order valence-corrected chi connectivity index (χ2v) is 3.78. The van der Waals surface area contributed by atoms with Crippen LogP contribution in [0.2, 0.25) is 0 Å². The first kappa shape index (κ1) is 11.8. The van der Waals surface area contributed by atoms with E-state index in [1.54, 1.807) is 6.20 Å². The molecule has 0 spiro atoms. The van der Waals surface area contributed by atoms with E-state index in [4.69, 9.17) is 4.74 Å². The van der Waals surface area contributed by atoms with Crippen LogP contribution in [-0.2, 0) is 0 Å². The van der Waals surface area contributed by atoms with E-state index in [-0.39, 0.29) is 6.10 Å². The molecule has 0 saturated carbocycles. The Kier molecular flexibility index (Phi) is 4.34. The molecule has 0 aliphatic rings. The van der Waals surface area contributed by atoms with Crippen LogP contribution >= 0.6 is 0 Å². The van der Waals surface area contributed by atoms with Crippen molar-refractivity contribution in [2.24, 2.45) is 0 Å². The van der Waals surface area contributed by atoms with Crippen LogP contribution in [0, 0.1) is 6.92 Å². The molecule has 0 aliphatic heterocycles. The lowest BCUT2D eigenvalue weighted by atomic mass is 10.3. The van der Waals surface area contributed by atoms with Crippen molar-refractivity contribution >= 4 is 5.95 Å². The molecule has 0 bridgehead atoms. The molecule has 0 fully saturated rings. The largest absolute Gasteiger partial charge is 0.475 e. The molecule has 0 aliphatic carbocycles. The quantitative estimate of drug-likeness (QED) is 0.809. The summed E-state index contributed by atoms with van der Waals surface area (Å²) in [6.45, 7) is 8.90. The zero-order valence-electron chi connectivity index (χ0n) is 9.87. The predicted octanol–water partition coefficient (Wildman–Crippen LogP) is 2.39. The van der Waals surface area contributed by atoms with Crippen LogP contribution in [0.15, 0.2) is 6.20 Å². The van der Waals surface area contributed by atoms with Gasteiger partial charge in [0, 0.05) is 18.3 Å². The van der Waals surface area contributed by atoms with E-state index in [9.17, 15) is 0 Å². The average molecular weight is 209 g/mol. The number of nitrogens with one attached hydrogen (secondary N) is 1. The van der Waals surface area contributed by atoms with Gasteiger partial charge in [-0.05, 0) is 27.2 Å². The van der Waals surface area contributed by atoms with E-state index in [1.165, 1.54) is 0 Å². The highest BCUT2D eigenvalue weighted by atomic mass is 16.5. The SMILES string of the molecule is CCCNc1ncc(C)c(OC(C)C)n1. The Bertz CT molecular complexity index is 313. The second-order valence-electron chi connectivity index (χ2n) is 3.78. The Morgan fingerprint density at radius 1 is 1.47 bits per heavy atom. The molecule has 1 N–H and O–H groups in total. The van der Waals surface area contributed by atoms with Gasteiger partial charge in [-0.25, -0.2) is 4.98 Å². The van der Waals surface area contributed by atoms with Gasteiger partial charge in [-0.15, -0.1) is 0 Å². The van der Waals surface area contributed by atoms with Crippen LogP contribution in [0.3, 0.4) is 0 Å². The normalized spacial score (nSPS) is 10.5. The van der Waals surface area contributed by atoms with Crippen molar-refractivity contribution in [2.45, 2.75) is 40.2 Å². The zero-order chi connectivity index (χ0) is 11.3. The van der Waals surface area contributed by atoms with Gasteiger partial charge in [-0.1, -0.05) is 6.92 Å². The van der Waals surface area contributed by atoms with Crippen LogP contribution in [-0.4, -0.2) is 22.6 Å². The summed E-state index contributed by atoms with van der Waals surface area (Å²) in [5, 5.41) is 3.13. The molecule has 1 aromatic rings. The molecule has 0 radical (unpaired) electrons. The Morgan fingerprint density at radius 3 is 2.80 bits per heavy atom. The fraction of sp³-hybridized carbons (Fsp3) is 0.636. The summed E-state index contributed by atoms with van der Waals surface area (Å²) in [6.07, 6.45) is 2.97. The molecule has 4 nitrogen and oxygen atoms in total. The first-order chi connectivity index (χ1) is 7.13. The molecule has 0 saturated heterocycles. The number of rotatable bonds is 5. The van der Waals surface area contributed by atoms with Gasteiger partial charge in [-0.3, -0.25) is 0 Å². The van der Waals surface area contributed by atoms with Crippen LogP contribution in [0.4, 0.5) is 5.95 Å². The minimum Gasteiger partial charge on any atom is -0.475 e. The fourth-order valence-electron chi connectivity index (χ4n) is 1.09. The predicted molar refractivity (Wildman–Crippen MR) is 61.3 cm³/mol. The highest BCUT2D eigenvalue weighted by Crippen LogP contribution is 2.16. The zero-order valence-corrected chi connectivity index (χ0v) is 9.87. The van der Waals surface area contributed by atoms with E-state index < -0.39 is 0 Å². The van der Waals surface area contributed by atoms with Crippen molar-refractivity contribution in [2.75, 3.05) is 11.9 Å². The summed E-state index contributed by atoms with van der Waals surface area (Å²) in [6, 6.07) is 0. The number of aryl methyl sites for hydroxylation is 1. The Balaban J connectivity index is 2.75. The molecule has 0 amide bonds. The lowest BCUT2D eigenvalue weighted by Gasteiger charge is -2.12. The Morgan fingerprint density at radius 2 is 2.20 bits per heavy atom. The third-order valence-corrected chi connectivity index (χ3v) is 1.81. The van der Waals surface area contributed by atoms with Crippen molar-refractivity contribution in [1.82, 2.24) is 9.97 Å². The van der Waals surface area contributed by atoms with Crippen molar-refractivity contribution in [1.29, 1.82) is 0 Å². The first-order valence-electron chi connectivity index (χ1n) is 5.37. The summed E-state index contributed by atoms with van der Waals surface area (Å²) in [5.74, 6) is 1.30. The Hall–Kier alpha value is -1.32. The highest BCUT2D eigenvalue weighted by molar-refractivity contribution is 5.32. The van der Waals surface area contributed by atoms with Crippen LogP contribution in [0.25, 0.3) is 0 Å². The monoisotopic (exact) mass is 209 g/mol. The maximum atomic E-state index is 5.57. The summed E-state index contributed by atoms with van der Waals surface area (Å²) >= 11 is 0. The molecule has 4 heteroatoms. The molecule has 1 heterocycles. The highest BCUT2D eigenvalue weighted by Gasteiger charge is 2.06. The molecular weight excluding hydrogens is 190 g/mol. The lowest BCUT2D eigenvalue weighted by Crippen LogP contribution is -2.11. The van der Waals surface area contributed by atoms with Crippen molar-refractivity contribution in [3.8, 4) is 5.88 Å². The molecule has 0 unspecified atom stereocenters. The number of hydrogen-bond donors (Lipinski definition) is 1. The van der Waals surface area contributed by atoms with Gasteiger partial charge in [0.1, 0.15) is 0 Å². The third kappa shape index (κ3) is 3.73. The van der Waals surface area contributed by atoms with Gasteiger partial charge >= 0.3 is 0 Å².